The van der Waals surface area contributed by atoms with Crippen molar-refractivity contribution in [2.75, 3.05) is 0 Å². The lowest BCUT2D eigenvalue weighted by atomic mass is 9.96. The number of nitrogens with zero attached hydrogens (tertiary/aromatic N) is 1. The van der Waals surface area contributed by atoms with Gasteiger partial charge in [0.1, 0.15) is 6.10 Å². The number of hydrogen-bond donors (Lipinski definition) is 0. The van der Waals surface area contributed by atoms with E-state index in [2.05, 4.69) is 52.0 Å². The highest BCUT2D eigenvalue weighted by atomic mass is 16.5. The third-order valence-electron chi connectivity index (χ3n) is 4.23. The molecule has 0 saturated carbocycles. The molecule has 0 amide bonds. The average Bonchev–Trinajstić information content (AvgIpc) is 2.47. The number of pyridine rings is 1. The Kier molecular flexibility index (Phi) is 5.76. The monoisotopic (exact) mass is 325 g/mol. The molecule has 0 fully saturated rings. The molecule has 3 nitrogen and oxygen atoms in total. The first kappa shape index (κ1) is 18.2. The van der Waals surface area contributed by atoms with Crippen LogP contribution >= 0.6 is 0 Å². The molecular formula is C21H27NO2. The molecule has 0 aliphatic rings. The van der Waals surface area contributed by atoms with E-state index >= 15 is 0 Å². The molecule has 0 bridgehead atoms. The number of hydrogen-bond acceptors (Lipinski definition) is 3. The zero-order valence-corrected chi connectivity index (χ0v) is 15.6. The second-order valence-electron chi connectivity index (χ2n) is 6.56. The van der Waals surface area contributed by atoms with Crippen LogP contribution < -0.4 is 0 Å². The summed E-state index contributed by atoms with van der Waals surface area (Å²) in [6.45, 7) is 11.9. The third kappa shape index (κ3) is 4.02. The molecule has 0 radical (unpaired) electrons. The zero-order valence-electron chi connectivity index (χ0n) is 15.6. The summed E-state index contributed by atoms with van der Waals surface area (Å²) in [5.74, 6) is -0.261. The molecule has 3 heteroatoms. The second kappa shape index (κ2) is 7.61. The molecule has 1 aromatic heterocycles. The Morgan fingerprint density at radius 1 is 1.08 bits per heavy atom. The summed E-state index contributed by atoms with van der Waals surface area (Å²) in [7, 11) is 0. The quantitative estimate of drug-likeness (QED) is 0.692. The highest BCUT2D eigenvalue weighted by Crippen LogP contribution is 2.31. The molecule has 0 aliphatic heterocycles. The van der Waals surface area contributed by atoms with Crippen molar-refractivity contribution in [1.29, 1.82) is 0 Å². The van der Waals surface area contributed by atoms with Crippen LogP contribution in [0.4, 0.5) is 0 Å². The Hall–Kier alpha value is -2.16. The van der Waals surface area contributed by atoms with Crippen LogP contribution in [0.1, 0.15) is 60.7 Å². The van der Waals surface area contributed by atoms with Gasteiger partial charge in [-0.25, -0.2) is 4.98 Å². The molecule has 0 unspecified atom stereocenters. The van der Waals surface area contributed by atoms with E-state index in [1.165, 1.54) is 29.2 Å². The lowest BCUT2D eigenvalue weighted by Crippen LogP contribution is -2.12. The van der Waals surface area contributed by atoms with Gasteiger partial charge in [0.15, 0.2) is 0 Å². The van der Waals surface area contributed by atoms with E-state index in [1.807, 2.05) is 6.92 Å². The first-order valence-electron chi connectivity index (χ1n) is 8.56. The molecule has 24 heavy (non-hydrogen) atoms. The minimum atomic E-state index is -0.279. The zero-order chi connectivity index (χ0) is 17.9. The van der Waals surface area contributed by atoms with Gasteiger partial charge >= 0.3 is 5.97 Å². The Bertz CT molecular complexity index is 726. The number of carbonyl (C=O) groups excluding carboxylic acids is 1. The van der Waals surface area contributed by atoms with E-state index < -0.39 is 0 Å². The van der Waals surface area contributed by atoms with Crippen molar-refractivity contribution in [3.63, 3.8) is 0 Å². The Labute approximate surface area is 145 Å². The van der Waals surface area contributed by atoms with Crippen molar-refractivity contribution >= 4 is 5.97 Å². The number of carbonyl (C=O) groups is 1. The fourth-order valence-electron chi connectivity index (χ4n) is 3.31. The van der Waals surface area contributed by atoms with Gasteiger partial charge in [-0.2, -0.15) is 0 Å². The van der Waals surface area contributed by atoms with Gasteiger partial charge < -0.3 is 4.74 Å². The van der Waals surface area contributed by atoms with Crippen molar-refractivity contribution in [3.8, 4) is 11.3 Å². The van der Waals surface area contributed by atoms with E-state index in [1.54, 1.807) is 0 Å². The van der Waals surface area contributed by atoms with Gasteiger partial charge in [0.2, 0.25) is 0 Å². The predicted octanol–water partition coefficient (Wildman–Crippen LogP) is 5.39. The van der Waals surface area contributed by atoms with Gasteiger partial charge in [-0.1, -0.05) is 37.1 Å². The van der Waals surface area contributed by atoms with Crippen LogP contribution in [-0.4, -0.2) is 11.0 Å². The maximum Gasteiger partial charge on any atom is 0.303 e. The standard InChI is InChI=1S/C21H27NO2/c1-7-8-19(24-17(6)23)21-14(3)9-10-18(22-21)20-15(4)11-13(2)12-16(20)5/h9-12,19H,7-8H2,1-6H3/t19-/m0/s1. The molecule has 0 spiro atoms. The minimum absolute atomic E-state index is 0.261. The van der Waals surface area contributed by atoms with Crippen LogP contribution in [0.5, 0.6) is 0 Å². The van der Waals surface area contributed by atoms with Crippen molar-refractivity contribution in [2.45, 2.75) is 60.5 Å². The van der Waals surface area contributed by atoms with Crippen molar-refractivity contribution in [1.82, 2.24) is 4.98 Å². The number of rotatable bonds is 5. The SMILES string of the molecule is CCC[C@H](OC(C)=O)c1nc(-c2c(C)cc(C)cc2C)ccc1C. The van der Waals surface area contributed by atoms with Crippen molar-refractivity contribution in [3.05, 3.63) is 52.2 Å². The number of ether oxygens (including phenoxy) is 1. The molecule has 0 aliphatic carbocycles. The molecule has 2 rings (SSSR count). The minimum Gasteiger partial charge on any atom is -0.456 e. The molecule has 1 aromatic carbocycles. The molecule has 0 saturated heterocycles. The van der Waals surface area contributed by atoms with Gasteiger partial charge in [-0.05, 0) is 56.9 Å². The molecule has 1 atom stereocenters. The van der Waals surface area contributed by atoms with Crippen LogP contribution in [0, 0.1) is 27.7 Å². The summed E-state index contributed by atoms with van der Waals surface area (Å²) in [5.41, 5.74) is 7.72. The second-order valence-corrected chi connectivity index (χ2v) is 6.56. The summed E-state index contributed by atoms with van der Waals surface area (Å²) in [4.78, 5) is 16.4. The smallest absolute Gasteiger partial charge is 0.303 e. The normalized spacial score (nSPS) is 12.1. The summed E-state index contributed by atoms with van der Waals surface area (Å²) < 4.78 is 5.53. The van der Waals surface area contributed by atoms with Gasteiger partial charge in [0.05, 0.1) is 11.4 Å². The topological polar surface area (TPSA) is 39.2 Å². The van der Waals surface area contributed by atoms with E-state index in [0.29, 0.717) is 0 Å². The Morgan fingerprint density at radius 3 is 2.25 bits per heavy atom. The van der Waals surface area contributed by atoms with Gasteiger partial charge in [0, 0.05) is 12.5 Å². The van der Waals surface area contributed by atoms with E-state index in [0.717, 1.165) is 29.8 Å². The number of esters is 1. The van der Waals surface area contributed by atoms with E-state index in [9.17, 15) is 4.79 Å². The highest BCUT2D eigenvalue weighted by Gasteiger charge is 2.19. The number of benzene rings is 1. The van der Waals surface area contributed by atoms with Crippen molar-refractivity contribution in [2.24, 2.45) is 0 Å². The third-order valence-corrected chi connectivity index (χ3v) is 4.23. The first-order chi connectivity index (χ1) is 11.3. The largest absolute Gasteiger partial charge is 0.456 e. The summed E-state index contributed by atoms with van der Waals surface area (Å²) in [6.07, 6.45) is 1.44. The van der Waals surface area contributed by atoms with E-state index in [-0.39, 0.29) is 12.1 Å². The summed E-state index contributed by atoms with van der Waals surface area (Å²) in [5, 5.41) is 0. The highest BCUT2D eigenvalue weighted by molar-refractivity contribution is 5.69. The average molecular weight is 325 g/mol. The summed E-state index contributed by atoms with van der Waals surface area (Å²) >= 11 is 0. The molecule has 2 aromatic rings. The maximum absolute atomic E-state index is 11.5. The van der Waals surface area contributed by atoms with Crippen LogP contribution in [-0.2, 0) is 9.53 Å². The number of aryl methyl sites for hydroxylation is 4. The molecular weight excluding hydrogens is 298 g/mol. The fraction of sp³-hybridized carbons (Fsp3) is 0.429. The Morgan fingerprint density at radius 2 is 1.71 bits per heavy atom. The first-order valence-corrected chi connectivity index (χ1v) is 8.56. The van der Waals surface area contributed by atoms with Crippen LogP contribution in [0.3, 0.4) is 0 Å². The van der Waals surface area contributed by atoms with E-state index in [4.69, 9.17) is 9.72 Å². The van der Waals surface area contributed by atoms with Crippen LogP contribution in [0.2, 0.25) is 0 Å². The molecule has 128 valence electrons. The van der Waals surface area contributed by atoms with Crippen molar-refractivity contribution < 1.29 is 9.53 Å². The summed E-state index contributed by atoms with van der Waals surface area (Å²) in [6, 6.07) is 8.49. The predicted molar refractivity (Wildman–Crippen MR) is 98.0 cm³/mol. The Balaban J connectivity index is 2.54. The molecule has 1 heterocycles. The maximum atomic E-state index is 11.5. The lowest BCUT2D eigenvalue weighted by Gasteiger charge is -2.19. The fourth-order valence-corrected chi connectivity index (χ4v) is 3.31. The molecule has 0 N–H and O–H groups in total. The van der Waals surface area contributed by atoms with Gasteiger partial charge in [-0.15, -0.1) is 0 Å². The van der Waals surface area contributed by atoms with Gasteiger partial charge in [-0.3, -0.25) is 4.79 Å². The number of aromatic nitrogens is 1. The lowest BCUT2D eigenvalue weighted by molar-refractivity contribution is -0.147. The van der Waals surface area contributed by atoms with Crippen LogP contribution in [0.25, 0.3) is 11.3 Å². The van der Waals surface area contributed by atoms with Gasteiger partial charge in [0.25, 0.3) is 0 Å². The van der Waals surface area contributed by atoms with Crippen LogP contribution in [0.15, 0.2) is 24.3 Å².